The Balaban J connectivity index is 1.34. The van der Waals surface area contributed by atoms with Crippen molar-refractivity contribution in [1.82, 2.24) is 0 Å². The lowest BCUT2D eigenvalue weighted by molar-refractivity contribution is -0.113. The highest BCUT2D eigenvalue weighted by Crippen LogP contribution is 2.39. The molecule has 2 amide bonds. The molecule has 1 aliphatic rings. The molecule has 0 saturated carbocycles. The minimum absolute atomic E-state index is 0.242. The van der Waals surface area contributed by atoms with Gasteiger partial charge in [-0.1, -0.05) is 78.6 Å². The van der Waals surface area contributed by atoms with E-state index in [0.29, 0.717) is 26.2 Å². The van der Waals surface area contributed by atoms with Gasteiger partial charge < -0.3 is 5.32 Å². The summed E-state index contributed by atoms with van der Waals surface area (Å²) in [6.07, 6.45) is 1.91. The standard InChI is InChI=1S/C31H19FN2O2S2/c32-22-12-14-23(15-13-22)33-29(35)21-8-5-9-24(17-21)34-30(36)28(38-31(34)37)18-27-25-10-3-1-6-19(25)16-20-7-2-4-11-26(20)27/h1-18H,(H,33,35)/b28-18+. The zero-order valence-electron chi connectivity index (χ0n) is 19.9. The summed E-state index contributed by atoms with van der Waals surface area (Å²) < 4.78 is 13.6. The first kappa shape index (κ1) is 24.0. The fourth-order valence-corrected chi connectivity index (χ4v) is 5.83. The van der Waals surface area contributed by atoms with Gasteiger partial charge in [-0.25, -0.2) is 4.39 Å². The number of hydrogen-bond donors (Lipinski definition) is 1. The molecule has 1 saturated heterocycles. The molecule has 6 rings (SSSR count). The van der Waals surface area contributed by atoms with Gasteiger partial charge in [-0.3, -0.25) is 14.5 Å². The zero-order valence-corrected chi connectivity index (χ0v) is 21.5. The molecule has 38 heavy (non-hydrogen) atoms. The van der Waals surface area contributed by atoms with E-state index in [4.69, 9.17) is 12.2 Å². The Morgan fingerprint density at radius 1 is 0.842 bits per heavy atom. The van der Waals surface area contributed by atoms with Crippen molar-refractivity contribution in [3.05, 3.63) is 125 Å². The molecular weight excluding hydrogens is 515 g/mol. The highest BCUT2D eigenvalue weighted by Gasteiger charge is 2.34. The number of carbonyl (C=O) groups excluding carboxylic acids is 2. The minimum atomic E-state index is -0.385. The molecule has 4 nitrogen and oxygen atoms in total. The van der Waals surface area contributed by atoms with Gasteiger partial charge in [0.15, 0.2) is 4.32 Å². The summed E-state index contributed by atoms with van der Waals surface area (Å²) in [6.45, 7) is 0. The maximum Gasteiger partial charge on any atom is 0.270 e. The van der Waals surface area contributed by atoms with Crippen molar-refractivity contribution >= 4 is 79.1 Å². The van der Waals surface area contributed by atoms with E-state index in [-0.39, 0.29) is 17.6 Å². The fraction of sp³-hybridized carbons (Fsp3) is 0. The van der Waals surface area contributed by atoms with Crippen LogP contribution in [0.1, 0.15) is 15.9 Å². The molecule has 184 valence electrons. The summed E-state index contributed by atoms with van der Waals surface area (Å²) in [7, 11) is 0. The van der Waals surface area contributed by atoms with Crippen molar-refractivity contribution in [3.8, 4) is 0 Å². The number of halogens is 1. The number of thioether (sulfide) groups is 1. The van der Waals surface area contributed by atoms with E-state index >= 15 is 0 Å². The van der Waals surface area contributed by atoms with Gasteiger partial charge in [-0.2, -0.15) is 0 Å². The van der Waals surface area contributed by atoms with E-state index in [9.17, 15) is 14.0 Å². The highest BCUT2D eigenvalue weighted by molar-refractivity contribution is 8.27. The molecule has 0 unspecified atom stereocenters. The summed E-state index contributed by atoms with van der Waals surface area (Å²) in [6, 6.07) is 30.6. The molecule has 0 aliphatic carbocycles. The number of nitrogens with one attached hydrogen (secondary N) is 1. The summed E-state index contributed by atoms with van der Waals surface area (Å²) in [5.41, 5.74) is 2.29. The average Bonchev–Trinajstić information content (AvgIpc) is 3.22. The van der Waals surface area contributed by atoms with Gasteiger partial charge in [-0.15, -0.1) is 0 Å². The van der Waals surface area contributed by atoms with E-state index in [0.717, 1.165) is 27.1 Å². The van der Waals surface area contributed by atoms with Crippen molar-refractivity contribution in [1.29, 1.82) is 0 Å². The van der Waals surface area contributed by atoms with E-state index in [2.05, 4.69) is 35.6 Å². The summed E-state index contributed by atoms with van der Waals surface area (Å²) in [5, 5.41) is 7.03. The van der Waals surface area contributed by atoms with E-state index in [1.807, 2.05) is 30.3 Å². The second-order valence-electron chi connectivity index (χ2n) is 8.76. The second-order valence-corrected chi connectivity index (χ2v) is 10.4. The molecule has 7 heteroatoms. The summed E-state index contributed by atoms with van der Waals surface area (Å²) in [5.74, 6) is -1.00. The Labute approximate surface area is 227 Å². The van der Waals surface area contributed by atoms with Crippen LogP contribution >= 0.6 is 24.0 Å². The Kier molecular flexibility index (Phi) is 6.23. The van der Waals surface area contributed by atoms with Crippen LogP contribution in [0.4, 0.5) is 15.8 Å². The lowest BCUT2D eigenvalue weighted by Gasteiger charge is -2.15. The van der Waals surface area contributed by atoms with Crippen molar-refractivity contribution in [2.45, 2.75) is 0 Å². The molecule has 0 aromatic heterocycles. The Morgan fingerprint density at radius 2 is 1.50 bits per heavy atom. The largest absolute Gasteiger partial charge is 0.322 e. The van der Waals surface area contributed by atoms with Gasteiger partial charge in [0.2, 0.25) is 0 Å². The van der Waals surface area contributed by atoms with Crippen LogP contribution in [0.2, 0.25) is 0 Å². The van der Waals surface area contributed by atoms with E-state index < -0.39 is 0 Å². The molecule has 1 heterocycles. The number of hydrogen-bond acceptors (Lipinski definition) is 4. The topological polar surface area (TPSA) is 49.4 Å². The van der Waals surface area contributed by atoms with E-state index in [1.165, 1.54) is 40.9 Å². The molecule has 0 spiro atoms. The van der Waals surface area contributed by atoms with Crippen LogP contribution in [-0.2, 0) is 4.79 Å². The molecule has 0 atom stereocenters. The van der Waals surface area contributed by atoms with Gasteiger partial charge >= 0.3 is 0 Å². The lowest BCUT2D eigenvalue weighted by atomic mass is 9.96. The van der Waals surface area contributed by atoms with Crippen LogP contribution in [0, 0.1) is 5.82 Å². The second kappa shape index (κ2) is 9.85. The van der Waals surface area contributed by atoms with Crippen molar-refractivity contribution in [2.75, 3.05) is 10.2 Å². The monoisotopic (exact) mass is 534 g/mol. The van der Waals surface area contributed by atoms with Gasteiger partial charge in [0.05, 0.1) is 10.6 Å². The third-order valence-corrected chi connectivity index (χ3v) is 7.65. The predicted molar refractivity (Wildman–Crippen MR) is 158 cm³/mol. The van der Waals surface area contributed by atoms with Gasteiger partial charge in [-0.05, 0) is 81.7 Å². The first-order valence-corrected chi connectivity index (χ1v) is 13.1. The number of thiocarbonyl (C=S) groups is 1. The van der Waals surface area contributed by atoms with Crippen molar-refractivity contribution in [2.24, 2.45) is 0 Å². The van der Waals surface area contributed by atoms with Gasteiger partial charge in [0.1, 0.15) is 5.82 Å². The molecule has 0 radical (unpaired) electrons. The molecule has 5 aromatic carbocycles. The fourth-order valence-electron chi connectivity index (χ4n) is 4.55. The Hall–Kier alpha value is -4.33. The molecule has 1 aliphatic heterocycles. The number of amides is 2. The quantitative estimate of drug-likeness (QED) is 0.145. The minimum Gasteiger partial charge on any atom is -0.322 e. The van der Waals surface area contributed by atoms with Crippen LogP contribution in [0.25, 0.3) is 27.6 Å². The maximum absolute atomic E-state index is 13.6. The third-order valence-electron chi connectivity index (χ3n) is 6.35. The van der Waals surface area contributed by atoms with Crippen LogP contribution in [0.5, 0.6) is 0 Å². The van der Waals surface area contributed by atoms with Crippen LogP contribution in [-0.4, -0.2) is 16.1 Å². The molecule has 5 aromatic rings. The SMILES string of the molecule is O=C(Nc1ccc(F)cc1)c1cccc(N2C(=O)/C(=C\c3c4ccccc4cc4ccccc34)SC2=S)c1. The van der Waals surface area contributed by atoms with Crippen molar-refractivity contribution in [3.63, 3.8) is 0 Å². The number of nitrogens with zero attached hydrogens (tertiary/aromatic N) is 1. The lowest BCUT2D eigenvalue weighted by Crippen LogP contribution is -2.27. The highest BCUT2D eigenvalue weighted by atomic mass is 32.2. The third kappa shape index (κ3) is 4.47. The molecular formula is C31H19FN2O2S2. The summed E-state index contributed by atoms with van der Waals surface area (Å²) >= 11 is 6.84. The predicted octanol–water partition coefficient (Wildman–Crippen LogP) is 7.79. The normalized spacial score (nSPS) is 14.6. The average molecular weight is 535 g/mol. The van der Waals surface area contributed by atoms with Gasteiger partial charge in [0.25, 0.3) is 11.8 Å². The van der Waals surface area contributed by atoms with Crippen LogP contribution < -0.4 is 10.2 Å². The number of rotatable bonds is 4. The van der Waals surface area contributed by atoms with Crippen molar-refractivity contribution < 1.29 is 14.0 Å². The van der Waals surface area contributed by atoms with E-state index in [1.54, 1.807) is 24.3 Å². The summed E-state index contributed by atoms with van der Waals surface area (Å²) in [4.78, 5) is 28.4. The smallest absolute Gasteiger partial charge is 0.270 e. The number of anilines is 2. The Bertz CT molecular complexity index is 1740. The van der Waals surface area contributed by atoms with Gasteiger partial charge in [0, 0.05) is 11.3 Å². The number of fused-ring (bicyclic) bond motifs is 2. The van der Waals surface area contributed by atoms with Crippen LogP contribution in [0.15, 0.2) is 108 Å². The molecule has 1 fully saturated rings. The number of carbonyl (C=O) groups is 2. The first-order valence-electron chi connectivity index (χ1n) is 11.8. The Morgan fingerprint density at radius 3 is 2.18 bits per heavy atom. The first-order chi connectivity index (χ1) is 18.5. The zero-order chi connectivity index (χ0) is 26.2. The van der Waals surface area contributed by atoms with Crippen LogP contribution in [0.3, 0.4) is 0 Å². The molecule has 1 N–H and O–H groups in total. The molecule has 0 bridgehead atoms. The number of benzene rings is 5. The maximum atomic E-state index is 13.6.